The fraction of sp³-hybridized carbons (Fsp3) is 0.222. The van der Waals surface area contributed by atoms with Crippen LogP contribution in [0.2, 0.25) is 0 Å². The zero-order chi connectivity index (χ0) is 10.7. The van der Waals surface area contributed by atoms with Crippen LogP contribution in [0.15, 0.2) is 18.2 Å². The molecule has 6 heteroatoms. The number of carbonyl (C=O) groups excluding carboxylic acids is 1. The number of hydrogen-bond acceptors (Lipinski definition) is 4. The molecule has 1 atom stereocenters. The van der Waals surface area contributed by atoms with E-state index >= 15 is 0 Å². The van der Waals surface area contributed by atoms with Crippen LogP contribution in [0.1, 0.15) is 11.6 Å². The molecule has 1 aromatic rings. The molecule has 0 aliphatic rings. The van der Waals surface area contributed by atoms with Crippen LogP contribution in [0, 0.1) is 5.82 Å². The number of aromatic hydroxyl groups is 1. The first kappa shape index (κ1) is 13.7. The summed E-state index contributed by atoms with van der Waals surface area (Å²) in [7, 11) is 1.19. The number of phenols is 1. The van der Waals surface area contributed by atoms with Gasteiger partial charge in [-0.15, -0.1) is 12.4 Å². The lowest BCUT2D eigenvalue weighted by atomic mass is 10.1. The van der Waals surface area contributed by atoms with Crippen LogP contribution in [0.3, 0.4) is 0 Å². The quantitative estimate of drug-likeness (QED) is 0.754. The Kier molecular flexibility index (Phi) is 5.04. The fourth-order valence-corrected chi connectivity index (χ4v) is 0.980. The lowest BCUT2D eigenvalue weighted by Gasteiger charge is -2.09. The number of hydrogen-bond donors (Lipinski definition) is 2. The first-order chi connectivity index (χ1) is 6.56. The van der Waals surface area contributed by atoms with Crippen molar-refractivity contribution in [3.05, 3.63) is 29.6 Å². The topological polar surface area (TPSA) is 72.5 Å². The van der Waals surface area contributed by atoms with Gasteiger partial charge in [-0.25, -0.2) is 4.39 Å². The number of halogens is 2. The molecule has 0 bridgehead atoms. The Morgan fingerprint density at radius 2 is 2.20 bits per heavy atom. The van der Waals surface area contributed by atoms with Gasteiger partial charge in [0.1, 0.15) is 6.04 Å². The number of methoxy groups -OCH3 is 1. The van der Waals surface area contributed by atoms with Crippen molar-refractivity contribution in [1.82, 2.24) is 0 Å². The Morgan fingerprint density at radius 1 is 1.60 bits per heavy atom. The smallest absolute Gasteiger partial charge is 0.327 e. The average molecular weight is 236 g/mol. The van der Waals surface area contributed by atoms with Gasteiger partial charge in [0.15, 0.2) is 11.6 Å². The molecule has 0 radical (unpaired) electrons. The highest BCUT2D eigenvalue weighted by molar-refractivity contribution is 5.85. The Balaban J connectivity index is 0.00000196. The normalized spacial score (nSPS) is 11.4. The summed E-state index contributed by atoms with van der Waals surface area (Å²) in [6, 6.07) is 2.46. The van der Waals surface area contributed by atoms with E-state index in [1.165, 1.54) is 13.2 Å². The second-order valence-corrected chi connectivity index (χ2v) is 2.71. The van der Waals surface area contributed by atoms with Gasteiger partial charge in [0, 0.05) is 0 Å². The van der Waals surface area contributed by atoms with Crippen LogP contribution < -0.4 is 5.73 Å². The van der Waals surface area contributed by atoms with Gasteiger partial charge in [0.25, 0.3) is 0 Å². The molecule has 1 rings (SSSR count). The number of carbonyl (C=O) groups is 1. The van der Waals surface area contributed by atoms with Gasteiger partial charge in [-0.3, -0.25) is 4.79 Å². The summed E-state index contributed by atoms with van der Waals surface area (Å²) in [4.78, 5) is 11.0. The molecular weight excluding hydrogens is 225 g/mol. The van der Waals surface area contributed by atoms with E-state index in [9.17, 15) is 9.18 Å². The van der Waals surface area contributed by atoms with Crippen molar-refractivity contribution < 1.29 is 19.0 Å². The molecule has 0 aliphatic heterocycles. The standard InChI is InChI=1S/C9H10FNO3.ClH/c1-14-9(13)8(11)5-2-3-7(12)6(10)4-5;/h2-4,8,12H,11H2,1H3;1H/t8-;/m0./s1. The van der Waals surface area contributed by atoms with E-state index in [1.807, 2.05) is 0 Å². The zero-order valence-electron chi connectivity index (χ0n) is 7.94. The maximum atomic E-state index is 12.8. The van der Waals surface area contributed by atoms with E-state index in [0.717, 1.165) is 12.1 Å². The maximum Gasteiger partial charge on any atom is 0.327 e. The molecule has 1 aromatic carbocycles. The van der Waals surface area contributed by atoms with Crippen molar-refractivity contribution in [3.63, 3.8) is 0 Å². The van der Waals surface area contributed by atoms with Gasteiger partial charge >= 0.3 is 5.97 Å². The summed E-state index contributed by atoms with van der Waals surface area (Å²) in [5.74, 6) is -1.96. The van der Waals surface area contributed by atoms with E-state index in [-0.39, 0.29) is 18.0 Å². The number of benzene rings is 1. The van der Waals surface area contributed by atoms with Crippen molar-refractivity contribution in [1.29, 1.82) is 0 Å². The summed E-state index contributed by atoms with van der Waals surface area (Å²) in [5.41, 5.74) is 5.70. The van der Waals surface area contributed by atoms with Crippen LogP contribution in [-0.4, -0.2) is 18.2 Å². The number of esters is 1. The lowest BCUT2D eigenvalue weighted by Crippen LogP contribution is -2.22. The second kappa shape index (κ2) is 5.53. The molecule has 0 unspecified atom stereocenters. The summed E-state index contributed by atoms with van der Waals surface area (Å²) in [6.45, 7) is 0. The van der Waals surface area contributed by atoms with Crippen molar-refractivity contribution >= 4 is 18.4 Å². The van der Waals surface area contributed by atoms with E-state index in [0.29, 0.717) is 0 Å². The van der Waals surface area contributed by atoms with Crippen LogP contribution in [-0.2, 0) is 9.53 Å². The van der Waals surface area contributed by atoms with Crippen molar-refractivity contribution in [2.45, 2.75) is 6.04 Å². The second-order valence-electron chi connectivity index (χ2n) is 2.71. The molecule has 0 fully saturated rings. The minimum atomic E-state index is -1.03. The monoisotopic (exact) mass is 235 g/mol. The van der Waals surface area contributed by atoms with Gasteiger partial charge < -0.3 is 15.6 Å². The average Bonchev–Trinajstić information content (AvgIpc) is 2.20. The van der Waals surface area contributed by atoms with Crippen molar-refractivity contribution in [2.75, 3.05) is 7.11 Å². The Bertz CT molecular complexity index is 359. The van der Waals surface area contributed by atoms with Crippen LogP contribution >= 0.6 is 12.4 Å². The zero-order valence-corrected chi connectivity index (χ0v) is 8.75. The fourth-order valence-electron chi connectivity index (χ4n) is 0.980. The Morgan fingerprint density at radius 3 is 2.67 bits per heavy atom. The first-order valence-electron chi connectivity index (χ1n) is 3.88. The number of ether oxygens (including phenoxy) is 1. The van der Waals surface area contributed by atoms with E-state index in [2.05, 4.69) is 4.74 Å². The SMILES string of the molecule is COC(=O)[C@@H](N)c1ccc(O)c(F)c1.Cl. The highest BCUT2D eigenvalue weighted by Gasteiger charge is 2.17. The molecule has 0 saturated carbocycles. The summed E-state index contributed by atoms with van der Waals surface area (Å²) in [5, 5.41) is 8.89. The van der Waals surface area contributed by atoms with Crippen molar-refractivity contribution in [2.24, 2.45) is 5.73 Å². The Labute approximate surface area is 92.3 Å². The molecular formula is C9H11ClFNO3. The third-order valence-corrected chi connectivity index (χ3v) is 1.79. The summed E-state index contributed by atoms with van der Waals surface area (Å²) < 4.78 is 17.2. The lowest BCUT2D eigenvalue weighted by molar-refractivity contribution is -0.142. The molecule has 0 spiro atoms. The molecule has 0 amide bonds. The maximum absolute atomic E-state index is 12.8. The summed E-state index contributed by atoms with van der Waals surface area (Å²) >= 11 is 0. The van der Waals surface area contributed by atoms with Crippen LogP contribution in [0.4, 0.5) is 4.39 Å². The molecule has 0 heterocycles. The van der Waals surface area contributed by atoms with E-state index in [4.69, 9.17) is 10.8 Å². The number of nitrogens with two attached hydrogens (primary N) is 1. The molecule has 84 valence electrons. The minimum Gasteiger partial charge on any atom is -0.505 e. The largest absolute Gasteiger partial charge is 0.505 e. The third-order valence-electron chi connectivity index (χ3n) is 1.79. The van der Waals surface area contributed by atoms with Crippen molar-refractivity contribution in [3.8, 4) is 5.75 Å². The van der Waals surface area contributed by atoms with E-state index in [1.54, 1.807) is 0 Å². The van der Waals surface area contributed by atoms with Gasteiger partial charge in [-0.2, -0.15) is 0 Å². The number of rotatable bonds is 2. The van der Waals surface area contributed by atoms with E-state index < -0.39 is 23.6 Å². The molecule has 15 heavy (non-hydrogen) atoms. The highest BCUT2D eigenvalue weighted by atomic mass is 35.5. The van der Waals surface area contributed by atoms with Crippen LogP contribution in [0.5, 0.6) is 5.75 Å². The predicted molar refractivity (Wildman–Crippen MR) is 54.3 cm³/mol. The Hall–Kier alpha value is -1.33. The van der Waals surface area contributed by atoms with Gasteiger partial charge in [0.05, 0.1) is 7.11 Å². The third kappa shape index (κ3) is 3.07. The molecule has 4 nitrogen and oxygen atoms in total. The first-order valence-corrected chi connectivity index (χ1v) is 3.88. The van der Waals surface area contributed by atoms with Crippen LogP contribution in [0.25, 0.3) is 0 Å². The minimum absolute atomic E-state index is 0. The highest BCUT2D eigenvalue weighted by Crippen LogP contribution is 2.20. The van der Waals surface area contributed by atoms with Gasteiger partial charge in [-0.05, 0) is 17.7 Å². The summed E-state index contributed by atoms with van der Waals surface area (Å²) in [6.07, 6.45) is 0. The molecule has 0 aromatic heterocycles. The van der Waals surface area contributed by atoms with Gasteiger partial charge in [0.2, 0.25) is 0 Å². The molecule has 3 N–H and O–H groups in total. The molecule has 0 saturated heterocycles. The number of phenolic OH excluding ortho intramolecular Hbond substituents is 1. The molecule has 0 aliphatic carbocycles. The van der Waals surface area contributed by atoms with Gasteiger partial charge in [-0.1, -0.05) is 6.07 Å². The predicted octanol–water partition coefficient (Wildman–Crippen LogP) is 1.13.